The van der Waals surface area contributed by atoms with Crippen molar-refractivity contribution in [2.24, 2.45) is 10.1 Å². The maximum absolute atomic E-state index is 13.7. The second kappa shape index (κ2) is 6.40. The van der Waals surface area contributed by atoms with Gasteiger partial charge in [-0.15, -0.1) is 0 Å². The van der Waals surface area contributed by atoms with E-state index in [0.717, 1.165) is 11.3 Å². The zero-order valence-electron chi connectivity index (χ0n) is 13.5. The van der Waals surface area contributed by atoms with Gasteiger partial charge in [-0.25, -0.2) is 14.8 Å². The second-order valence-electron chi connectivity index (χ2n) is 5.83. The molecule has 0 radical (unpaired) electrons. The number of carbonyl (C=O) groups excluding carboxylic acids is 2. The lowest BCUT2D eigenvalue weighted by Gasteiger charge is -2.34. The Balaban J connectivity index is 1.56. The molecule has 2 aromatic rings. The molecule has 2 aliphatic rings. The fraction of sp³-hybridized carbons (Fsp3) is 0.111. The Bertz CT molecular complexity index is 956. The number of fused-ring (bicyclic) bond motifs is 3. The molecule has 2 amide bonds. The normalized spacial score (nSPS) is 17.7. The molecule has 8 heteroatoms. The molecular weight excluding hydrogens is 337 g/mol. The van der Waals surface area contributed by atoms with Crippen LogP contribution < -0.4 is 10.7 Å². The van der Waals surface area contributed by atoms with Gasteiger partial charge in [0.15, 0.2) is 5.84 Å². The number of carbonyl (C=O) groups is 2. The van der Waals surface area contributed by atoms with E-state index in [1.54, 1.807) is 11.0 Å². The van der Waals surface area contributed by atoms with E-state index >= 15 is 0 Å². The van der Waals surface area contributed by atoms with E-state index < -0.39 is 23.7 Å². The molecule has 2 N–H and O–H groups in total. The van der Waals surface area contributed by atoms with Gasteiger partial charge < -0.3 is 10.2 Å². The van der Waals surface area contributed by atoms with E-state index in [0.29, 0.717) is 5.84 Å². The standard InChI is InChI=1S/C18H14FN5O2/c19-12-6-2-4-8-14(12)21-16(25)9-15-18(26)23-22-17-11-5-1-3-7-13(11)20-10-24(15)17/h1-8,10,15H,9H2,(H,21,25)(H,23,26). The summed E-state index contributed by atoms with van der Waals surface area (Å²) in [7, 11) is 0. The quantitative estimate of drug-likeness (QED) is 0.887. The first kappa shape index (κ1) is 15.9. The molecule has 1 atom stereocenters. The van der Waals surface area contributed by atoms with Gasteiger partial charge in [-0.05, 0) is 24.3 Å². The van der Waals surface area contributed by atoms with Crippen molar-refractivity contribution in [2.75, 3.05) is 5.32 Å². The molecule has 0 fully saturated rings. The molecule has 0 aliphatic carbocycles. The van der Waals surface area contributed by atoms with Crippen LogP contribution in [0.5, 0.6) is 0 Å². The van der Waals surface area contributed by atoms with Crippen molar-refractivity contribution in [2.45, 2.75) is 12.5 Å². The number of anilines is 1. The smallest absolute Gasteiger partial charge is 0.263 e. The SMILES string of the molecule is O=C(CC1C(=O)NN=C2c3ccccc3N=CN21)Nc1ccccc1F. The lowest BCUT2D eigenvalue weighted by atomic mass is 10.0. The minimum absolute atomic E-state index is 0.0697. The van der Waals surface area contributed by atoms with Crippen molar-refractivity contribution in [1.82, 2.24) is 10.3 Å². The average molecular weight is 351 g/mol. The summed E-state index contributed by atoms with van der Waals surface area (Å²) in [5.41, 5.74) is 4.00. The average Bonchev–Trinajstić information content (AvgIpc) is 2.65. The number of benzene rings is 2. The predicted molar refractivity (Wildman–Crippen MR) is 94.5 cm³/mol. The summed E-state index contributed by atoms with van der Waals surface area (Å²) >= 11 is 0. The fourth-order valence-electron chi connectivity index (χ4n) is 2.88. The van der Waals surface area contributed by atoms with Crippen LogP contribution in [0.1, 0.15) is 12.0 Å². The highest BCUT2D eigenvalue weighted by atomic mass is 19.1. The molecule has 1 unspecified atom stereocenters. The largest absolute Gasteiger partial charge is 0.324 e. The third kappa shape index (κ3) is 2.81. The number of para-hydroxylation sites is 2. The van der Waals surface area contributed by atoms with Crippen LogP contribution in [0.25, 0.3) is 0 Å². The van der Waals surface area contributed by atoms with Gasteiger partial charge in [-0.3, -0.25) is 9.59 Å². The number of rotatable bonds is 3. The first-order valence-electron chi connectivity index (χ1n) is 7.97. The summed E-state index contributed by atoms with van der Waals surface area (Å²) in [5, 5.41) is 6.58. The maximum Gasteiger partial charge on any atom is 0.263 e. The Hall–Kier alpha value is -3.55. The first-order valence-corrected chi connectivity index (χ1v) is 7.97. The van der Waals surface area contributed by atoms with E-state index in [1.807, 2.05) is 24.3 Å². The van der Waals surface area contributed by atoms with Gasteiger partial charge >= 0.3 is 0 Å². The van der Waals surface area contributed by atoms with E-state index in [4.69, 9.17) is 0 Å². The molecular formula is C18H14FN5O2. The predicted octanol–water partition coefficient (Wildman–Crippen LogP) is 1.99. The number of aliphatic imine (C=N–C) groups is 1. The van der Waals surface area contributed by atoms with Gasteiger partial charge in [0, 0.05) is 5.56 Å². The molecule has 2 aromatic carbocycles. The number of hydrogen-bond acceptors (Lipinski definition) is 5. The summed E-state index contributed by atoms with van der Waals surface area (Å²) in [4.78, 5) is 30.4. The fourth-order valence-corrected chi connectivity index (χ4v) is 2.88. The molecule has 0 bridgehead atoms. The van der Waals surface area contributed by atoms with Crippen LogP contribution in [0.3, 0.4) is 0 Å². The van der Waals surface area contributed by atoms with Crippen LogP contribution in [0.15, 0.2) is 58.6 Å². The van der Waals surface area contributed by atoms with Crippen molar-refractivity contribution in [1.29, 1.82) is 0 Å². The minimum Gasteiger partial charge on any atom is -0.324 e. The molecule has 130 valence electrons. The van der Waals surface area contributed by atoms with Gasteiger partial charge in [0.05, 0.1) is 24.1 Å². The summed E-state index contributed by atoms with van der Waals surface area (Å²) in [6.07, 6.45) is 1.31. The Labute approximate surface area is 148 Å². The van der Waals surface area contributed by atoms with Crippen LogP contribution in [-0.4, -0.2) is 34.9 Å². The highest BCUT2D eigenvalue weighted by Gasteiger charge is 2.36. The van der Waals surface area contributed by atoms with Gasteiger partial charge in [0.1, 0.15) is 11.9 Å². The van der Waals surface area contributed by atoms with Crippen LogP contribution in [0.2, 0.25) is 0 Å². The molecule has 4 rings (SSSR count). The van der Waals surface area contributed by atoms with E-state index in [-0.39, 0.29) is 12.1 Å². The van der Waals surface area contributed by atoms with E-state index in [9.17, 15) is 14.0 Å². The van der Waals surface area contributed by atoms with E-state index in [1.165, 1.54) is 24.5 Å². The summed E-state index contributed by atoms with van der Waals surface area (Å²) < 4.78 is 13.7. The Morgan fingerprint density at radius 2 is 1.96 bits per heavy atom. The zero-order valence-corrected chi connectivity index (χ0v) is 13.5. The van der Waals surface area contributed by atoms with Crippen molar-refractivity contribution >= 4 is 35.4 Å². The van der Waals surface area contributed by atoms with Crippen molar-refractivity contribution in [3.8, 4) is 0 Å². The van der Waals surface area contributed by atoms with Crippen molar-refractivity contribution < 1.29 is 14.0 Å². The zero-order chi connectivity index (χ0) is 18.1. The second-order valence-corrected chi connectivity index (χ2v) is 5.83. The van der Waals surface area contributed by atoms with Crippen LogP contribution >= 0.6 is 0 Å². The lowest BCUT2D eigenvalue weighted by Crippen LogP contribution is -2.54. The third-order valence-corrected chi connectivity index (χ3v) is 4.15. The molecule has 0 spiro atoms. The van der Waals surface area contributed by atoms with E-state index in [2.05, 4.69) is 20.8 Å². The number of halogens is 1. The molecule has 0 saturated heterocycles. The van der Waals surface area contributed by atoms with Gasteiger partial charge in [-0.2, -0.15) is 5.10 Å². The molecule has 0 aromatic heterocycles. The molecule has 26 heavy (non-hydrogen) atoms. The van der Waals surface area contributed by atoms with Crippen LogP contribution in [-0.2, 0) is 9.59 Å². The first-order chi connectivity index (χ1) is 12.6. The number of hydrogen-bond donors (Lipinski definition) is 2. The summed E-state index contributed by atoms with van der Waals surface area (Å²) in [6, 6.07) is 12.4. The monoisotopic (exact) mass is 351 g/mol. The maximum atomic E-state index is 13.7. The highest BCUT2D eigenvalue weighted by molar-refractivity contribution is 6.14. The van der Waals surface area contributed by atoms with Crippen LogP contribution in [0.4, 0.5) is 15.8 Å². The highest BCUT2D eigenvalue weighted by Crippen LogP contribution is 2.27. The van der Waals surface area contributed by atoms with Gasteiger partial charge in [-0.1, -0.05) is 24.3 Å². The summed E-state index contributed by atoms with van der Waals surface area (Å²) in [5.74, 6) is -0.935. The Kier molecular flexibility index (Phi) is 3.92. The van der Waals surface area contributed by atoms with Gasteiger partial charge in [0.2, 0.25) is 5.91 Å². The molecule has 7 nitrogen and oxygen atoms in total. The number of amidine groups is 1. The molecule has 0 saturated carbocycles. The number of hydrazone groups is 1. The third-order valence-electron chi connectivity index (χ3n) is 4.15. The topological polar surface area (TPSA) is 86.2 Å². The molecule has 2 aliphatic heterocycles. The van der Waals surface area contributed by atoms with Crippen molar-refractivity contribution in [3.05, 3.63) is 59.9 Å². The number of nitrogens with one attached hydrogen (secondary N) is 2. The Morgan fingerprint density at radius 3 is 2.81 bits per heavy atom. The number of nitrogens with zero attached hydrogens (tertiary/aromatic N) is 3. The van der Waals surface area contributed by atoms with Gasteiger partial charge in [0.25, 0.3) is 5.91 Å². The van der Waals surface area contributed by atoms with Crippen molar-refractivity contribution in [3.63, 3.8) is 0 Å². The summed E-state index contributed by atoms with van der Waals surface area (Å²) in [6.45, 7) is 0. The Morgan fingerprint density at radius 1 is 1.19 bits per heavy atom. The van der Waals surface area contributed by atoms with Crippen LogP contribution in [0, 0.1) is 5.82 Å². The lowest BCUT2D eigenvalue weighted by molar-refractivity contribution is -0.128. The minimum atomic E-state index is -0.827. The molecule has 2 heterocycles. The number of amides is 2.